The molecule has 2 aromatic rings. The average Bonchev–Trinajstić information content (AvgIpc) is 2.66. The zero-order valence-electron chi connectivity index (χ0n) is 9.33. The van der Waals surface area contributed by atoms with Crippen LogP contribution in [-0.2, 0) is 19.3 Å². The molecule has 18 heavy (non-hydrogen) atoms. The molecule has 0 aliphatic rings. The first-order valence-corrected chi connectivity index (χ1v) is 5.17. The highest BCUT2D eigenvalue weighted by Gasteiger charge is 2.31. The monoisotopic (exact) mass is 253 g/mol. The van der Waals surface area contributed by atoms with Gasteiger partial charge in [-0.05, 0) is 18.2 Å². The number of halogens is 3. The number of benzene rings is 1. The molecule has 0 amide bonds. The Balaban J connectivity index is 2.63. The first kappa shape index (κ1) is 12.5. The van der Waals surface area contributed by atoms with Crippen LogP contribution in [0.5, 0.6) is 0 Å². The predicted octanol–water partition coefficient (Wildman–Crippen LogP) is 2.15. The molecule has 0 radical (unpaired) electrons. The Morgan fingerprint density at radius 1 is 1.39 bits per heavy atom. The maximum atomic E-state index is 12.6. The number of alkyl halides is 3. The minimum Gasteiger partial charge on any atom is -0.324 e. The molecule has 1 aromatic carbocycles. The fourth-order valence-corrected chi connectivity index (χ4v) is 1.78. The van der Waals surface area contributed by atoms with Crippen molar-refractivity contribution in [3.05, 3.63) is 29.6 Å². The lowest BCUT2D eigenvalue weighted by atomic mass is 10.2. The molecular weight excluding hydrogens is 243 g/mol. The zero-order chi connectivity index (χ0) is 13.3. The summed E-state index contributed by atoms with van der Waals surface area (Å²) in [5, 5.41) is 0. The lowest BCUT2D eigenvalue weighted by molar-refractivity contribution is -0.137. The number of terminal acetylenes is 1. The average molecular weight is 253 g/mol. The van der Waals surface area contributed by atoms with Gasteiger partial charge in [-0.2, -0.15) is 13.2 Å². The number of nitrogens with zero attached hydrogens (tertiary/aromatic N) is 2. The molecule has 0 aliphatic carbocycles. The summed E-state index contributed by atoms with van der Waals surface area (Å²) in [6.07, 6.45) is 0.832. The molecule has 0 spiro atoms. The van der Waals surface area contributed by atoms with Crippen LogP contribution in [0.4, 0.5) is 13.2 Å². The molecule has 0 saturated carbocycles. The van der Waals surface area contributed by atoms with Crippen molar-refractivity contribution in [2.24, 2.45) is 5.73 Å². The maximum absolute atomic E-state index is 12.6. The summed E-state index contributed by atoms with van der Waals surface area (Å²) < 4.78 is 39.3. The molecule has 0 bridgehead atoms. The van der Waals surface area contributed by atoms with Crippen LogP contribution in [0, 0.1) is 12.3 Å². The highest BCUT2D eigenvalue weighted by atomic mass is 19.4. The Bertz CT molecular complexity index is 620. The first-order valence-electron chi connectivity index (χ1n) is 5.17. The van der Waals surface area contributed by atoms with Crippen LogP contribution in [0.1, 0.15) is 11.4 Å². The second-order valence-corrected chi connectivity index (χ2v) is 3.72. The molecule has 1 aromatic heterocycles. The molecule has 3 nitrogen and oxygen atoms in total. The normalized spacial score (nSPS) is 11.7. The second kappa shape index (κ2) is 4.35. The lowest BCUT2D eigenvalue weighted by Gasteiger charge is -2.06. The van der Waals surface area contributed by atoms with Crippen molar-refractivity contribution in [3.63, 3.8) is 0 Å². The number of hydrogen-bond acceptors (Lipinski definition) is 2. The standard InChI is InChI=1S/C12H10F3N3/c1-2-5-18-10-4-3-8(12(13,14)15)6-9(10)17-11(18)7-16/h1,3-4,6H,5,7,16H2. The number of aromatic nitrogens is 2. The van der Waals surface area contributed by atoms with Crippen molar-refractivity contribution < 1.29 is 13.2 Å². The van der Waals surface area contributed by atoms with Crippen molar-refractivity contribution in [1.82, 2.24) is 9.55 Å². The van der Waals surface area contributed by atoms with Crippen molar-refractivity contribution in [3.8, 4) is 12.3 Å². The van der Waals surface area contributed by atoms with E-state index in [1.165, 1.54) is 6.07 Å². The van der Waals surface area contributed by atoms with Gasteiger partial charge in [0.05, 0.1) is 29.7 Å². The van der Waals surface area contributed by atoms with E-state index in [0.717, 1.165) is 12.1 Å². The van der Waals surface area contributed by atoms with E-state index in [-0.39, 0.29) is 18.6 Å². The minimum absolute atomic E-state index is 0.123. The summed E-state index contributed by atoms with van der Waals surface area (Å²) in [5.41, 5.74) is 5.57. The number of fused-ring (bicyclic) bond motifs is 1. The molecular formula is C12H10F3N3. The fourth-order valence-electron chi connectivity index (χ4n) is 1.78. The summed E-state index contributed by atoms with van der Waals surface area (Å²) >= 11 is 0. The quantitative estimate of drug-likeness (QED) is 0.833. The third kappa shape index (κ3) is 2.05. The molecule has 1 heterocycles. The molecule has 2 N–H and O–H groups in total. The molecule has 0 unspecified atom stereocenters. The minimum atomic E-state index is -4.38. The van der Waals surface area contributed by atoms with Gasteiger partial charge in [0.2, 0.25) is 0 Å². The Hall–Kier alpha value is -2.00. The Kier molecular flexibility index (Phi) is 3.01. The van der Waals surface area contributed by atoms with Crippen molar-refractivity contribution >= 4 is 11.0 Å². The highest BCUT2D eigenvalue weighted by molar-refractivity contribution is 5.77. The van der Waals surface area contributed by atoms with Crippen LogP contribution in [0.2, 0.25) is 0 Å². The lowest BCUT2D eigenvalue weighted by Crippen LogP contribution is -2.07. The van der Waals surface area contributed by atoms with Gasteiger partial charge >= 0.3 is 6.18 Å². The topological polar surface area (TPSA) is 43.8 Å². The van der Waals surface area contributed by atoms with E-state index in [2.05, 4.69) is 10.9 Å². The van der Waals surface area contributed by atoms with E-state index in [9.17, 15) is 13.2 Å². The Labute approximate surface area is 101 Å². The van der Waals surface area contributed by atoms with E-state index < -0.39 is 11.7 Å². The first-order chi connectivity index (χ1) is 8.47. The summed E-state index contributed by atoms with van der Waals surface area (Å²) in [6, 6.07) is 3.38. The fraction of sp³-hybridized carbons (Fsp3) is 0.250. The predicted molar refractivity (Wildman–Crippen MR) is 61.5 cm³/mol. The number of imidazole rings is 1. The molecule has 2 rings (SSSR count). The van der Waals surface area contributed by atoms with Gasteiger partial charge < -0.3 is 10.3 Å². The third-order valence-electron chi connectivity index (χ3n) is 2.59. The van der Waals surface area contributed by atoms with Gasteiger partial charge in [0.1, 0.15) is 5.82 Å². The molecule has 0 aliphatic heterocycles. The van der Waals surface area contributed by atoms with Gasteiger partial charge in [0.15, 0.2) is 0 Å². The van der Waals surface area contributed by atoms with Crippen molar-refractivity contribution in [2.75, 3.05) is 0 Å². The van der Waals surface area contributed by atoms with E-state index in [0.29, 0.717) is 11.3 Å². The van der Waals surface area contributed by atoms with Gasteiger partial charge in [-0.3, -0.25) is 0 Å². The molecule has 0 atom stereocenters. The second-order valence-electron chi connectivity index (χ2n) is 3.72. The molecule has 94 valence electrons. The van der Waals surface area contributed by atoms with Crippen molar-refractivity contribution in [1.29, 1.82) is 0 Å². The van der Waals surface area contributed by atoms with E-state index >= 15 is 0 Å². The van der Waals surface area contributed by atoms with Crippen LogP contribution >= 0.6 is 0 Å². The van der Waals surface area contributed by atoms with Gasteiger partial charge in [-0.15, -0.1) is 6.42 Å². The number of nitrogens with two attached hydrogens (primary N) is 1. The van der Waals surface area contributed by atoms with Gasteiger partial charge in [0, 0.05) is 0 Å². The maximum Gasteiger partial charge on any atom is 0.416 e. The highest BCUT2D eigenvalue weighted by Crippen LogP contribution is 2.31. The van der Waals surface area contributed by atoms with Crippen LogP contribution in [0.3, 0.4) is 0 Å². The van der Waals surface area contributed by atoms with E-state index in [1.54, 1.807) is 4.57 Å². The summed E-state index contributed by atoms with van der Waals surface area (Å²) in [7, 11) is 0. The molecule has 0 fully saturated rings. The smallest absolute Gasteiger partial charge is 0.324 e. The van der Waals surface area contributed by atoms with Crippen LogP contribution in [0.15, 0.2) is 18.2 Å². The summed E-state index contributed by atoms with van der Waals surface area (Å²) in [4.78, 5) is 4.07. The van der Waals surface area contributed by atoms with Crippen LogP contribution in [-0.4, -0.2) is 9.55 Å². The Morgan fingerprint density at radius 2 is 2.11 bits per heavy atom. The Morgan fingerprint density at radius 3 is 2.67 bits per heavy atom. The summed E-state index contributed by atoms with van der Waals surface area (Å²) in [5.74, 6) is 2.90. The SMILES string of the molecule is C#CCn1c(CN)nc2cc(C(F)(F)F)ccc21. The third-order valence-corrected chi connectivity index (χ3v) is 2.59. The van der Waals surface area contributed by atoms with Crippen LogP contribution in [0.25, 0.3) is 11.0 Å². The summed E-state index contributed by atoms with van der Waals surface area (Å²) in [6.45, 7) is 0.353. The zero-order valence-corrected chi connectivity index (χ0v) is 9.33. The van der Waals surface area contributed by atoms with Gasteiger partial charge in [0.25, 0.3) is 0 Å². The van der Waals surface area contributed by atoms with Crippen molar-refractivity contribution in [2.45, 2.75) is 19.3 Å². The van der Waals surface area contributed by atoms with Crippen LogP contribution < -0.4 is 5.73 Å². The van der Waals surface area contributed by atoms with E-state index in [4.69, 9.17) is 12.2 Å². The van der Waals surface area contributed by atoms with Gasteiger partial charge in [-0.1, -0.05) is 5.92 Å². The molecule has 6 heteroatoms. The molecule has 0 saturated heterocycles. The number of rotatable bonds is 2. The van der Waals surface area contributed by atoms with E-state index in [1.807, 2.05) is 0 Å². The largest absolute Gasteiger partial charge is 0.416 e. The van der Waals surface area contributed by atoms with Gasteiger partial charge in [-0.25, -0.2) is 4.98 Å². The number of hydrogen-bond donors (Lipinski definition) is 1.